The molecule has 5 nitrogen and oxygen atoms in total. The van der Waals surface area contributed by atoms with Crippen LogP contribution in [0.2, 0.25) is 0 Å². The second-order valence-electron chi connectivity index (χ2n) is 5.30. The number of nitrogens with zero attached hydrogens (tertiary/aromatic N) is 2. The molecule has 1 amide bonds. The van der Waals surface area contributed by atoms with E-state index in [0.717, 1.165) is 19.4 Å². The van der Waals surface area contributed by atoms with Crippen molar-refractivity contribution >= 4 is 23.5 Å². The van der Waals surface area contributed by atoms with E-state index in [1.165, 1.54) is 18.4 Å². The average Bonchev–Trinajstić information content (AvgIpc) is 2.90. The van der Waals surface area contributed by atoms with E-state index < -0.39 is 0 Å². The molecule has 1 atom stereocenters. The SMILES string of the molecule is CCCNc1cnc(C(=O)NCC2(C)CCCS2)cn1. The topological polar surface area (TPSA) is 66.9 Å². The van der Waals surface area contributed by atoms with Crippen molar-refractivity contribution in [3.05, 3.63) is 18.1 Å². The van der Waals surface area contributed by atoms with Gasteiger partial charge in [0.15, 0.2) is 0 Å². The highest BCUT2D eigenvalue weighted by atomic mass is 32.2. The molecule has 2 N–H and O–H groups in total. The van der Waals surface area contributed by atoms with E-state index >= 15 is 0 Å². The Balaban J connectivity index is 1.85. The van der Waals surface area contributed by atoms with Crippen molar-refractivity contribution in [2.45, 2.75) is 37.9 Å². The van der Waals surface area contributed by atoms with E-state index in [-0.39, 0.29) is 10.7 Å². The van der Waals surface area contributed by atoms with Crippen LogP contribution in [0, 0.1) is 0 Å². The van der Waals surface area contributed by atoms with Crippen molar-refractivity contribution in [1.29, 1.82) is 0 Å². The van der Waals surface area contributed by atoms with Crippen molar-refractivity contribution in [2.24, 2.45) is 0 Å². The molecule has 0 saturated carbocycles. The molecule has 6 heteroatoms. The van der Waals surface area contributed by atoms with Crippen molar-refractivity contribution < 1.29 is 4.79 Å². The van der Waals surface area contributed by atoms with Gasteiger partial charge >= 0.3 is 0 Å². The van der Waals surface area contributed by atoms with Crippen LogP contribution in [0.25, 0.3) is 0 Å². The van der Waals surface area contributed by atoms with Crippen molar-refractivity contribution in [1.82, 2.24) is 15.3 Å². The van der Waals surface area contributed by atoms with E-state index in [1.807, 2.05) is 11.8 Å². The monoisotopic (exact) mass is 294 g/mol. The van der Waals surface area contributed by atoms with Gasteiger partial charge in [0.2, 0.25) is 0 Å². The maximum Gasteiger partial charge on any atom is 0.271 e. The molecule has 0 aromatic carbocycles. The summed E-state index contributed by atoms with van der Waals surface area (Å²) in [7, 11) is 0. The van der Waals surface area contributed by atoms with E-state index in [2.05, 4.69) is 34.4 Å². The molecule has 1 unspecified atom stereocenters. The minimum Gasteiger partial charge on any atom is -0.369 e. The first-order valence-electron chi connectivity index (χ1n) is 7.11. The van der Waals surface area contributed by atoms with Gasteiger partial charge in [-0.1, -0.05) is 6.92 Å². The van der Waals surface area contributed by atoms with Gasteiger partial charge in [-0.2, -0.15) is 11.8 Å². The summed E-state index contributed by atoms with van der Waals surface area (Å²) < 4.78 is 0.172. The lowest BCUT2D eigenvalue weighted by Gasteiger charge is -2.22. The fourth-order valence-corrected chi connectivity index (χ4v) is 3.37. The lowest BCUT2D eigenvalue weighted by atomic mass is 10.1. The summed E-state index contributed by atoms with van der Waals surface area (Å²) in [6.07, 6.45) is 6.55. The number of hydrogen-bond acceptors (Lipinski definition) is 5. The highest BCUT2D eigenvalue weighted by Gasteiger charge is 2.29. The molecule has 2 rings (SSSR count). The predicted molar refractivity (Wildman–Crippen MR) is 83.2 cm³/mol. The Kier molecular flexibility index (Phi) is 5.23. The van der Waals surface area contributed by atoms with Crippen molar-refractivity contribution in [3.63, 3.8) is 0 Å². The fourth-order valence-electron chi connectivity index (χ4n) is 2.12. The zero-order valence-electron chi connectivity index (χ0n) is 12.1. The van der Waals surface area contributed by atoms with Crippen LogP contribution in [-0.4, -0.2) is 39.5 Å². The number of carbonyl (C=O) groups excluding carboxylic acids is 1. The normalized spacial score (nSPS) is 21.7. The Morgan fingerprint density at radius 2 is 2.30 bits per heavy atom. The maximum atomic E-state index is 12.0. The van der Waals surface area contributed by atoms with Gasteiger partial charge in [-0.3, -0.25) is 4.79 Å². The zero-order valence-corrected chi connectivity index (χ0v) is 12.9. The molecule has 20 heavy (non-hydrogen) atoms. The number of thioether (sulfide) groups is 1. The van der Waals surface area contributed by atoms with Gasteiger partial charge in [0.1, 0.15) is 11.5 Å². The molecule has 0 spiro atoms. The first-order chi connectivity index (χ1) is 9.63. The van der Waals surface area contributed by atoms with Crippen LogP contribution >= 0.6 is 11.8 Å². The maximum absolute atomic E-state index is 12.0. The molecule has 1 aromatic rings. The van der Waals surface area contributed by atoms with Crippen molar-refractivity contribution in [2.75, 3.05) is 24.2 Å². The van der Waals surface area contributed by atoms with E-state index in [9.17, 15) is 4.79 Å². The second kappa shape index (κ2) is 6.92. The van der Waals surface area contributed by atoms with E-state index in [1.54, 1.807) is 6.20 Å². The summed E-state index contributed by atoms with van der Waals surface area (Å²) in [4.78, 5) is 20.4. The van der Waals surface area contributed by atoms with Crippen LogP contribution in [0.1, 0.15) is 43.6 Å². The molecule has 0 radical (unpaired) electrons. The molecule has 1 aliphatic heterocycles. The van der Waals surface area contributed by atoms with Gasteiger partial charge < -0.3 is 10.6 Å². The molecule has 1 saturated heterocycles. The van der Waals surface area contributed by atoms with Gasteiger partial charge in [-0.15, -0.1) is 0 Å². The summed E-state index contributed by atoms with van der Waals surface area (Å²) >= 11 is 1.93. The summed E-state index contributed by atoms with van der Waals surface area (Å²) in [5.74, 6) is 1.75. The third-order valence-electron chi connectivity index (χ3n) is 3.36. The average molecular weight is 294 g/mol. The number of nitrogens with one attached hydrogen (secondary N) is 2. The molecule has 1 aliphatic rings. The Morgan fingerprint density at radius 3 is 2.90 bits per heavy atom. The van der Waals surface area contributed by atoms with Crippen LogP contribution in [0.5, 0.6) is 0 Å². The fraction of sp³-hybridized carbons (Fsp3) is 0.643. The molecule has 1 aromatic heterocycles. The molecule has 0 aliphatic carbocycles. The molecule has 2 heterocycles. The molecule has 1 fully saturated rings. The quantitative estimate of drug-likeness (QED) is 0.843. The number of amides is 1. The zero-order chi connectivity index (χ0) is 14.4. The van der Waals surface area contributed by atoms with E-state index in [4.69, 9.17) is 0 Å². The second-order valence-corrected chi connectivity index (χ2v) is 6.98. The Hall–Kier alpha value is -1.30. The van der Waals surface area contributed by atoms with Crippen LogP contribution in [0.4, 0.5) is 5.82 Å². The summed E-state index contributed by atoms with van der Waals surface area (Å²) in [6, 6.07) is 0. The first-order valence-corrected chi connectivity index (χ1v) is 8.09. The lowest BCUT2D eigenvalue weighted by molar-refractivity contribution is 0.0944. The standard InChI is InChI=1S/C14H22N4OS/c1-3-6-15-12-9-16-11(8-17-12)13(19)18-10-14(2)5-4-7-20-14/h8-9H,3-7,10H2,1-2H3,(H,15,17)(H,18,19). The minimum absolute atomic E-state index is 0.145. The van der Waals surface area contributed by atoms with E-state index in [0.29, 0.717) is 18.1 Å². The van der Waals surface area contributed by atoms with Gasteiger partial charge in [0.25, 0.3) is 5.91 Å². The van der Waals surface area contributed by atoms with Crippen LogP contribution in [0.15, 0.2) is 12.4 Å². The number of aromatic nitrogens is 2. The Morgan fingerprint density at radius 1 is 1.45 bits per heavy atom. The third kappa shape index (κ3) is 4.10. The summed E-state index contributed by atoms with van der Waals surface area (Å²) in [6.45, 7) is 5.84. The predicted octanol–water partition coefficient (Wildman–Crippen LogP) is 2.31. The highest BCUT2D eigenvalue weighted by Crippen LogP contribution is 2.36. The lowest BCUT2D eigenvalue weighted by Crippen LogP contribution is -2.37. The van der Waals surface area contributed by atoms with Gasteiger partial charge in [0, 0.05) is 17.8 Å². The van der Waals surface area contributed by atoms with Gasteiger partial charge in [-0.25, -0.2) is 9.97 Å². The first kappa shape index (κ1) is 15.1. The number of rotatable bonds is 6. The molecule has 0 bridgehead atoms. The minimum atomic E-state index is -0.145. The number of hydrogen-bond donors (Lipinski definition) is 2. The van der Waals surface area contributed by atoms with Crippen molar-refractivity contribution in [3.8, 4) is 0 Å². The van der Waals surface area contributed by atoms with Crippen LogP contribution < -0.4 is 10.6 Å². The van der Waals surface area contributed by atoms with Gasteiger partial charge in [0.05, 0.1) is 12.4 Å². The Bertz CT molecular complexity index is 443. The Labute approximate surface area is 124 Å². The summed E-state index contributed by atoms with van der Waals surface area (Å²) in [5, 5.41) is 6.10. The largest absolute Gasteiger partial charge is 0.369 e. The number of anilines is 1. The van der Waals surface area contributed by atoms with Gasteiger partial charge in [-0.05, 0) is 31.9 Å². The number of carbonyl (C=O) groups is 1. The molecule has 110 valence electrons. The van der Waals surface area contributed by atoms with Crippen LogP contribution in [0.3, 0.4) is 0 Å². The smallest absolute Gasteiger partial charge is 0.271 e. The molecular weight excluding hydrogens is 272 g/mol. The third-order valence-corrected chi connectivity index (χ3v) is 4.90. The van der Waals surface area contributed by atoms with Crippen LogP contribution in [-0.2, 0) is 0 Å². The molecular formula is C14H22N4OS. The summed E-state index contributed by atoms with van der Waals surface area (Å²) in [5.41, 5.74) is 0.374. The highest BCUT2D eigenvalue weighted by molar-refractivity contribution is 8.00.